The molecule has 0 saturated carbocycles. The summed E-state index contributed by atoms with van der Waals surface area (Å²) in [7, 11) is 1.51. The van der Waals surface area contributed by atoms with Gasteiger partial charge in [0.05, 0.1) is 0 Å². The van der Waals surface area contributed by atoms with Gasteiger partial charge in [-0.2, -0.15) is 0 Å². The molecule has 0 bridgehead atoms. The maximum atomic E-state index is 12.8. The lowest BCUT2D eigenvalue weighted by Gasteiger charge is -2.21. The van der Waals surface area contributed by atoms with Crippen LogP contribution in [-0.2, 0) is 27.2 Å². The first-order chi connectivity index (χ1) is 12.6. The highest BCUT2D eigenvalue weighted by Gasteiger charge is 2.25. The van der Waals surface area contributed by atoms with Crippen LogP contribution in [0.5, 0.6) is 0 Å². The zero-order valence-corrected chi connectivity index (χ0v) is 14.9. The number of hydrogen-bond acceptors (Lipinski definition) is 3. The number of benzene rings is 2. The Labute approximate surface area is 154 Å². The number of carboxylic acids is 1. The lowest BCUT2D eigenvalue weighted by Crippen LogP contribution is -2.45. The van der Waals surface area contributed by atoms with E-state index in [2.05, 4.69) is 5.32 Å². The summed E-state index contributed by atoms with van der Waals surface area (Å²) in [5.74, 6) is -1.64. The van der Waals surface area contributed by atoms with Crippen molar-refractivity contribution in [1.82, 2.24) is 5.32 Å². The van der Waals surface area contributed by atoms with E-state index in [0.29, 0.717) is 12.8 Å². The smallest absolute Gasteiger partial charge is 0.326 e. The van der Waals surface area contributed by atoms with Gasteiger partial charge in [0.2, 0.25) is 5.91 Å². The topological polar surface area (TPSA) is 75.6 Å². The number of aliphatic carboxylic acids is 1. The molecule has 0 saturated heterocycles. The van der Waals surface area contributed by atoms with Gasteiger partial charge in [-0.15, -0.1) is 0 Å². The van der Waals surface area contributed by atoms with Gasteiger partial charge in [-0.05, 0) is 24.0 Å². The van der Waals surface area contributed by atoms with Crippen molar-refractivity contribution in [1.29, 1.82) is 0 Å². The second-order valence-corrected chi connectivity index (χ2v) is 6.26. The van der Waals surface area contributed by atoms with Crippen LogP contribution in [0.25, 0.3) is 0 Å². The fourth-order valence-corrected chi connectivity index (χ4v) is 2.84. The van der Waals surface area contributed by atoms with Crippen LogP contribution in [0.4, 0.5) is 0 Å². The minimum absolute atomic E-state index is 0.237. The van der Waals surface area contributed by atoms with E-state index in [1.807, 2.05) is 60.7 Å². The summed E-state index contributed by atoms with van der Waals surface area (Å²) in [5, 5.41) is 12.0. The van der Waals surface area contributed by atoms with Crippen molar-refractivity contribution in [2.75, 3.05) is 13.7 Å². The van der Waals surface area contributed by atoms with Gasteiger partial charge in [0.15, 0.2) is 0 Å². The minimum atomic E-state index is -1.05. The summed E-state index contributed by atoms with van der Waals surface area (Å²) >= 11 is 0. The number of carbonyl (C=O) groups is 2. The van der Waals surface area contributed by atoms with Crippen molar-refractivity contribution in [3.05, 3.63) is 71.8 Å². The Hall–Kier alpha value is -2.66. The van der Waals surface area contributed by atoms with Gasteiger partial charge in [-0.1, -0.05) is 60.7 Å². The van der Waals surface area contributed by atoms with E-state index < -0.39 is 12.0 Å². The molecule has 0 aliphatic heterocycles. The van der Waals surface area contributed by atoms with Crippen molar-refractivity contribution in [3.8, 4) is 0 Å². The standard InChI is InChI=1S/C21H25NO4/c1-26-13-12-19(21(24)25)22-20(23)18(14-16-8-4-2-5-9-16)15-17-10-6-3-7-11-17/h2-11,18-19H,12-15H2,1H3,(H,22,23)(H,24,25). The number of carbonyl (C=O) groups excluding carboxylic acids is 1. The zero-order valence-electron chi connectivity index (χ0n) is 14.9. The molecule has 0 aliphatic rings. The van der Waals surface area contributed by atoms with E-state index in [-0.39, 0.29) is 24.9 Å². The lowest BCUT2D eigenvalue weighted by molar-refractivity contribution is -0.143. The lowest BCUT2D eigenvalue weighted by atomic mass is 9.91. The van der Waals surface area contributed by atoms with Crippen LogP contribution >= 0.6 is 0 Å². The predicted molar refractivity (Wildman–Crippen MR) is 99.8 cm³/mol. The molecule has 2 rings (SSSR count). The van der Waals surface area contributed by atoms with Gasteiger partial charge in [0.1, 0.15) is 6.04 Å². The van der Waals surface area contributed by atoms with Gasteiger partial charge in [-0.25, -0.2) is 4.79 Å². The maximum Gasteiger partial charge on any atom is 0.326 e. The van der Waals surface area contributed by atoms with Crippen LogP contribution in [0.15, 0.2) is 60.7 Å². The molecule has 0 spiro atoms. The Morgan fingerprint density at radius 2 is 1.46 bits per heavy atom. The molecule has 1 amide bonds. The summed E-state index contributed by atoms with van der Waals surface area (Å²) < 4.78 is 4.94. The van der Waals surface area contributed by atoms with E-state index in [9.17, 15) is 14.7 Å². The highest BCUT2D eigenvalue weighted by Crippen LogP contribution is 2.16. The van der Waals surface area contributed by atoms with Crippen LogP contribution < -0.4 is 5.32 Å². The number of methoxy groups -OCH3 is 1. The molecule has 26 heavy (non-hydrogen) atoms. The van der Waals surface area contributed by atoms with Crippen LogP contribution in [0.2, 0.25) is 0 Å². The number of rotatable bonds is 10. The summed E-state index contributed by atoms with van der Waals surface area (Å²) in [5.41, 5.74) is 2.10. The Bertz CT molecular complexity index is 646. The van der Waals surface area contributed by atoms with Crippen molar-refractivity contribution in [2.45, 2.75) is 25.3 Å². The third kappa shape index (κ3) is 6.33. The minimum Gasteiger partial charge on any atom is -0.480 e. The molecule has 1 unspecified atom stereocenters. The second-order valence-electron chi connectivity index (χ2n) is 6.26. The quantitative estimate of drug-likeness (QED) is 0.687. The Morgan fingerprint density at radius 1 is 0.962 bits per heavy atom. The monoisotopic (exact) mass is 355 g/mol. The largest absolute Gasteiger partial charge is 0.480 e. The van der Waals surface area contributed by atoms with Gasteiger partial charge in [-0.3, -0.25) is 4.79 Å². The Balaban J connectivity index is 2.12. The molecule has 0 radical (unpaired) electrons. The van der Waals surface area contributed by atoms with E-state index in [1.165, 1.54) is 7.11 Å². The molecule has 5 heteroatoms. The molecular formula is C21H25NO4. The number of carboxylic acid groups (broad SMARTS) is 1. The fraction of sp³-hybridized carbons (Fsp3) is 0.333. The number of nitrogens with one attached hydrogen (secondary N) is 1. The van der Waals surface area contributed by atoms with Crippen LogP contribution in [-0.4, -0.2) is 36.7 Å². The van der Waals surface area contributed by atoms with E-state index in [4.69, 9.17) is 4.74 Å². The van der Waals surface area contributed by atoms with Gasteiger partial charge in [0, 0.05) is 26.1 Å². The average Bonchev–Trinajstić information content (AvgIpc) is 2.66. The first kappa shape index (κ1) is 19.7. The summed E-state index contributed by atoms with van der Waals surface area (Å²) in [6.45, 7) is 0.277. The van der Waals surface area contributed by atoms with E-state index in [0.717, 1.165) is 11.1 Å². The summed E-state index contributed by atoms with van der Waals surface area (Å²) in [4.78, 5) is 24.2. The molecule has 138 valence electrons. The molecule has 0 heterocycles. The first-order valence-electron chi connectivity index (χ1n) is 8.70. The van der Waals surface area contributed by atoms with Gasteiger partial charge < -0.3 is 15.2 Å². The number of amides is 1. The zero-order chi connectivity index (χ0) is 18.8. The molecule has 1 atom stereocenters. The Kier molecular flexibility index (Phi) is 7.83. The highest BCUT2D eigenvalue weighted by molar-refractivity contribution is 5.85. The number of hydrogen-bond donors (Lipinski definition) is 2. The molecule has 0 fully saturated rings. The highest BCUT2D eigenvalue weighted by atomic mass is 16.5. The molecule has 0 aliphatic carbocycles. The third-order valence-electron chi connectivity index (χ3n) is 4.25. The van der Waals surface area contributed by atoms with Crippen LogP contribution in [0.3, 0.4) is 0 Å². The van der Waals surface area contributed by atoms with Gasteiger partial charge >= 0.3 is 5.97 Å². The van der Waals surface area contributed by atoms with Crippen molar-refractivity contribution in [2.24, 2.45) is 5.92 Å². The van der Waals surface area contributed by atoms with Crippen molar-refractivity contribution >= 4 is 11.9 Å². The fourth-order valence-electron chi connectivity index (χ4n) is 2.84. The molecule has 5 nitrogen and oxygen atoms in total. The van der Waals surface area contributed by atoms with Crippen LogP contribution in [0, 0.1) is 5.92 Å². The molecule has 0 aromatic heterocycles. The summed E-state index contributed by atoms with van der Waals surface area (Å²) in [6.07, 6.45) is 1.34. The first-order valence-corrected chi connectivity index (χ1v) is 8.70. The van der Waals surface area contributed by atoms with Crippen molar-refractivity contribution in [3.63, 3.8) is 0 Å². The number of ether oxygens (including phenoxy) is 1. The molecule has 2 N–H and O–H groups in total. The Morgan fingerprint density at radius 3 is 1.88 bits per heavy atom. The third-order valence-corrected chi connectivity index (χ3v) is 4.25. The van der Waals surface area contributed by atoms with E-state index in [1.54, 1.807) is 0 Å². The van der Waals surface area contributed by atoms with Crippen molar-refractivity contribution < 1.29 is 19.4 Å². The predicted octanol–water partition coefficient (Wildman–Crippen LogP) is 2.69. The van der Waals surface area contributed by atoms with E-state index >= 15 is 0 Å². The van der Waals surface area contributed by atoms with Gasteiger partial charge in [0.25, 0.3) is 0 Å². The molecule has 2 aromatic rings. The van der Waals surface area contributed by atoms with Crippen LogP contribution in [0.1, 0.15) is 17.5 Å². The second kappa shape index (κ2) is 10.4. The normalized spacial score (nSPS) is 11.9. The molecule has 2 aromatic carbocycles. The maximum absolute atomic E-state index is 12.8. The average molecular weight is 355 g/mol. The SMILES string of the molecule is COCCC(NC(=O)C(Cc1ccccc1)Cc1ccccc1)C(=O)O. The molecular weight excluding hydrogens is 330 g/mol. The summed E-state index contributed by atoms with van der Waals surface area (Å²) in [6, 6.07) is 18.6.